The summed E-state index contributed by atoms with van der Waals surface area (Å²) in [5.41, 5.74) is 1.36. The predicted octanol–water partition coefficient (Wildman–Crippen LogP) is 2.71. The normalized spacial score (nSPS) is 19.2. The number of carbonyl (C=O) groups excluding carboxylic acids is 1. The van der Waals surface area contributed by atoms with Crippen LogP contribution in [0.4, 0.5) is 0 Å². The van der Waals surface area contributed by atoms with Gasteiger partial charge < -0.3 is 19.3 Å². The fourth-order valence-corrected chi connectivity index (χ4v) is 3.84. The van der Waals surface area contributed by atoms with Gasteiger partial charge in [-0.25, -0.2) is 4.98 Å². The van der Waals surface area contributed by atoms with Crippen molar-refractivity contribution in [1.82, 2.24) is 4.98 Å². The van der Waals surface area contributed by atoms with Gasteiger partial charge in [-0.3, -0.25) is 4.79 Å². The number of aliphatic hydroxyl groups excluding tert-OH is 1. The van der Waals surface area contributed by atoms with Crippen molar-refractivity contribution in [2.24, 2.45) is 0 Å². The maximum atomic E-state index is 11.8. The van der Waals surface area contributed by atoms with Gasteiger partial charge in [0.15, 0.2) is 11.5 Å². The second kappa shape index (κ2) is 6.86. The second-order valence-electron chi connectivity index (χ2n) is 5.25. The van der Waals surface area contributed by atoms with E-state index in [0.717, 1.165) is 10.9 Å². The van der Waals surface area contributed by atoms with Gasteiger partial charge in [-0.2, -0.15) is 0 Å². The lowest BCUT2D eigenvalue weighted by Crippen LogP contribution is -2.22. The van der Waals surface area contributed by atoms with Crippen molar-refractivity contribution in [3.63, 3.8) is 0 Å². The number of aromatic nitrogens is 1. The SMILES string of the molecule is CCOc1cc2cc3c(nc2cc1OCC)S[C@H](C(=O)OC)[C@H]3O. The molecule has 3 rings (SSSR count). The summed E-state index contributed by atoms with van der Waals surface area (Å²) < 4.78 is 16.0. The highest BCUT2D eigenvalue weighted by Gasteiger charge is 2.39. The van der Waals surface area contributed by atoms with Crippen LogP contribution in [0.1, 0.15) is 25.5 Å². The fourth-order valence-electron chi connectivity index (χ4n) is 2.66. The summed E-state index contributed by atoms with van der Waals surface area (Å²) >= 11 is 1.22. The molecule has 0 saturated heterocycles. The van der Waals surface area contributed by atoms with Crippen LogP contribution in [0.3, 0.4) is 0 Å². The summed E-state index contributed by atoms with van der Waals surface area (Å²) in [5, 5.41) is 11.2. The minimum Gasteiger partial charge on any atom is -0.490 e. The number of thioether (sulfide) groups is 1. The van der Waals surface area contributed by atoms with Crippen molar-refractivity contribution in [2.75, 3.05) is 20.3 Å². The average Bonchev–Trinajstić information content (AvgIpc) is 2.89. The molecule has 2 heterocycles. The minimum absolute atomic E-state index is 0.459. The zero-order chi connectivity index (χ0) is 17.3. The molecule has 1 aliphatic rings. The average molecular weight is 349 g/mol. The second-order valence-corrected chi connectivity index (χ2v) is 6.38. The number of rotatable bonds is 5. The molecule has 0 spiro atoms. The molecule has 0 fully saturated rings. The van der Waals surface area contributed by atoms with Crippen LogP contribution >= 0.6 is 11.8 Å². The van der Waals surface area contributed by atoms with E-state index >= 15 is 0 Å². The van der Waals surface area contributed by atoms with Gasteiger partial charge in [0.1, 0.15) is 16.4 Å². The van der Waals surface area contributed by atoms with Crippen molar-refractivity contribution in [1.29, 1.82) is 0 Å². The van der Waals surface area contributed by atoms with Crippen molar-refractivity contribution < 1.29 is 24.1 Å². The molecule has 2 aromatic rings. The Bertz CT molecular complexity index is 779. The number of ether oxygens (including phenoxy) is 3. The first-order valence-corrected chi connectivity index (χ1v) is 8.63. The van der Waals surface area contributed by atoms with E-state index in [9.17, 15) is 9.90 Å². The van der Waals surface area contributed by atoms with E-state index in [4.69, 9.17) is 14.2 Å². The molecule has 2 atom stereocenters. The molecule has 24 heavy (non-hydrogen) atoms. The Morgan fingerprint density at radius 3 is 2.50 bits per heavy atom. The van der Waals surface area contributed by atoms with Gasteiger partial charge in [0.25, 0.3) is 0 Å². The third-order valence-corrected chi connectivity index (χ3v) is 5.00. The van der Waals surface area contributed by atoms with Crippen LogP contribution in [0.2, 0.25) is 0 Å². The smallest absolute Gasteiger partial charge is 0.322 e. The molecule has 0 unspecified atom stereocenters. The molecule has 1 aliphatic heterocycles. The number of pyridine rings is 1. The zero-order valence-corrected chi connectivity index (χ0v) is 14.6. The van der Waals surface area contributed by atoms with Crippen LogP contribution in [0.15, 0.2) is 23.2 Å². The van der Waals surface area contributed by atoms with E-state index in [0.29, 0.717) is 35.3 Å². The number of esters is 1. The topological polar surface area (TPSA) is 77.9 Å². The highest BCUT2D eigenvalue weighted by atomic mass is 32.2. The third kappa shape index (κ3) is 2.89. The number of fused-ring (bicyclic) bond motifs is 2. The molecule has 1 aromatic carbocycles. The zero-order valence-electron chi connectivity index (χ0n) is 13.7. The maximum Gasteiger partial charge on any atom is 0.322 e. The number of aliphatic hydroxyl groups is 1. The largest absolute Gasteiger partial charge is 0.490 e. The lowest BCUT2D eigenvalue weighted by molar-refractivity contribution is -0.141. The van der Waals surface area contributed by atoms with Crippen LogP contribution in [0.5, 0.6) is 11.5 Å². The summed E-state index contributed by atoms with van der Waals surface area (Å²) in [6, 6.07) is 5.51. The molecule has 7 heteroatoms. The third-order valence-electron chi connectivity index (χ3n) is 3.75. The van der Waals surface area contributed by atoms with Crippen molar-refractivity contribution in [2.45, 2.75) is 30.2 Å². The molecule has 0 radical (unpaired) electrons. The Kier molecular flexibility index (Phi) is 4.82. The number of hydrogen-bond acceptors (Lipinski definition) is 7. The molecule has 0 bridgehead atoms. The number of carbonyl (C=O) groups is 1. The van der Waals surface area contributed by atoms with E-state index in [2.05, 4.69) is 4.98 Å². The number of benzene rings is 1. The summed E-state index contributed by atoms with van der Waals surface area (Å²) in [7, 11) is 1.31. The molecule has 1 aromatic heterocycles. The summed E-state index contributed by atoms with van der Waals surface area (Å²) in [6.07, 6.45) is -0.934. The monoisotopic (exact) mass is 349 g/mol. The summed E-state index contributed by atoms with van der Waals surface area (Å²) in [4.78, 5) is 16.4. The molecule has 128 valence electrons. The fraction of sp³-hybridized carbons (Fsp3) is 0.412. The van der Waals surface area contributed by atoms with Crippen molar-refractivity contribution in [3.8, 4) is 11.5 Å². The van der Waals surface area contributed by atoms with Crippen LogP contribution in [-0.2, 0) is 9.53 Å². The first kappa shape index (κ1) is 16.9. The predicted molar refractivity (Wildman–Crippen MR) is 90.7 cm³/mol. The van der Waals surface area contributed by atoms with Gasteiger partial charge in [-0.1, -0.05) is 11.8 Å². The lowest BCUT2D eigenvalue weighted by Gasteiger charge is -2.13. The molecule has 6 nitrogen and oxygen atoms in total. The van der Waals surface area contributed by atoms with Crippen molar-refractivity contribution >= 4 is 28.6 Å². The van der Waals surface area contributed by atoms with Crippen molar-refractivity contribution in [3.05, 3.63) is 23.8 Å². The van der Waals surface area contributed by atoms with Crippen LogP contribution in [-0.4, -0.2) is 41.6 Å². The molecule has 1 N–H and O–H groups in total. The highest BCUT2D eigenvalue weighted by Crippen LogP contribution is 2.45. The number of methoxy groups -OCH3 is 1. The Labute approximate surface area is 144 Å². The lowest BCUT2D eigenvalue weighted by atomic mass is 10.1. The Hall–Kier alpha value is -1.99. The van der Waals surface area contributed by atoms with Crippen LogP contribution in [0, 0.1) is 0 Å². The van der Waals surface area contributed by atoms with Gasteiger partial charge in [-0.15, -0.1) is 0 Å². The Morgan fingerprint density at radius 2 is 1.88 bits per heavy atom. The standard InChI is InChI=1S/C17H19NO5S/c1-4-22-12-7-9-6-10-14(19)15(17(20)21-3)24-16(10)18-11(9)8-13(12)23-5-2/h6-8,14-15,19H,4-5H2,1-3H3/t14-,15-/m0/s1. The molecular weight excluding hydrogens is 330 g/mol. The molecule has 0 saturated carbocycles. The molecular formula is C17H19NO5S. The van der Waals surface area contributed by atoms with Crippen LogP contribution < -0.4 is 9.47 Å². The van der Waals surface area contributed by atoms with Gasteiger partial charge in [-0.05, 0) is 26.0 Å². The van der Waals surface area contributed by atoms with Gasteiger partial charge in [0, 0.05) is 17.0 Å². The van der Waals surface area contributed by atoms with E-state index < -0.39 is 17.3 Å². The minimum atomic E-state index is -0.934. The van der Waals surface area contributed by atoms with E-state index in [-0.39, 0.29) is 0 Å². The van der Waals surface area contributed by atoms with Gasteiger partial charge in [0.2, 0.25) is 0 Å². The highest BCUT2D eigenvalue weighted by molar-refractivity contribution is 8.00. The van der Waals surface area contributed by atoms with E-state index in [1.807, 2.05) is 32.0 Å². The van der Waals surface area contributed by atoms with E-state index in [1.165, 1.54) is 18.9 Å². The summed E-state index contributed by atoms with van der Waals surface area (Å²) in [5.74, 6) is 0.810. The number of hydrogen-bond donors (Lipinski definition) is 1. The quantitative estimate of drug-likeness (QED) is 0.832. The van der Waals surface area contributed by atoms with E-state index in [1.54, 1.807) is 0 Å². The van der Waals surface area contributed by atoms with Crippen LogP contribution in [0.25, 0.3) is 10.9 Å². The Balaban J connectivity index is 2.07. The molecule has 0 amide bonds. The Morgan fingerprint density at radius 1 is 1.21 bits per heavy atom. The van der Waals surface area contributed by atoms with Gasteiger partial charge in [0.05, 0.1) is 25.8 Å². The maximum absolute atomic E-state index is 11.8. The summed E-state index contributed by atoms with van der Waals surface area (Å²) in [6.45, 7) is 4.85. The first-order valence-electron chi connectivity index (χ1n) is 7.75. The number of nitrogens with zero attached hydrogens (tertiary/aromatic N) is 1. The first-order chi connectivity index (χ1) is 11.6. The van der Waals surface area contributed by atoms with Gasteiger partial charge >= 0.3 is 5.97 Å². The molecule has 0 aliphatic carbocycles.